The summed E-state index contributed by atoms with van der Waals surface area (Å²) in [5.41, 5.74) is 3.66. The largest absolute Gasteiger partial charge is 0.490 e. The molecule has 0 spiro atoms. The Kier molecular flexibility index (Phi) is 7.52. The minimum atomic E-state index is -0.433. The molecule has 4 heterocycles. The Balaban J connectivity index is 1.35. The summed E-state index contributed by atoms with van der Waals surface area (Å²) in [5.74, 6) is 1.14. The van der Waals surface area contributed by atoms with Gasteiger partial charge in [0, 0.05) is 31.2 Å². The maximum absolute atomic E-state index is 14.5. The maximum Gasteiger partial charge on any atom is 0.254 e. The molecule has 0 aromatic heterocycles. The summed E-state index contributed by atoms with van der Waals surface area (Å²) in [5, 5.41) is 0. The fourth-order valence-electron chi connectivity index (χ4n) is 7.27. The molecule has 2 unspecified atom stereocenters. The first-order chi connectivity index (χ1) is 19.1. The van der Waals surface area contributed by atoms with Gasteiger partial charge in [-0.2, -0.15) is 0 Å². The van der Waals surface area contributed by atoms with Crippen molar-refractivity contribution in [1.29, 1.82) is 0 Å². The van der Waals surface area contributed by atoms with Gasteiger partial charge in [0.15, 0.2) is 11.5 Å². The molecule has 4 aliphatic heterocycles. The van der Waals surface area contributed by atoms with E-state index in [1.54, 1.807) is 0 Å². The number of nitrogens with zero attached hydrogens (tertiary/aromatic N) is 3. The van der Waals surface area contributed by atoms with Crippen LogP contribution in [0, 0.1) is 0 Å². The average Bonchev–Trinajstić information content (AvgIpc) is 2.98. The van der Waals surface area contributed by atoms with Crippen molar-refractivity contribution in [2.24, 2.45) is 0 Å². The standard InChI is InChI=1S/C32H41N3O4/c1-3-38-27-20-22-12-19-35-30(26(22)21-28(27)39-4-2)29(24-10-6-7-11-25(24)31(35)36)32(37)34-17-13-23(14-18-34)33-15-8-5-9-16-33/h6-7,10-11,20-21,23,29-30H,3-5,8-9,12-19H2,1-2H3. The minimum absolute atomic E-state index is 0.0148. The normalized spacial score (nSPS) is 23.6. The molecule has 0 radical (unpaired) electrons. The second kappa shape index (κ2) is 11.2. The van der Waals surface area contributed by atoms with Crippen LogP contribution in [0.25, 0.3) is 0 Å². The summed E-state index contributed by atoms with van der Waals surface area (Å²) in [6, 6.07) is 12.1. The van der Waals surface area contributed by atoms with E-state index in [1.165, 1.54) is 32.4 Å². The Bertz CT molecular complexity index is 1220. The van der Waals surface area contributed by atoms with Crippen LogP contribution in [0.4, 0.5) is 0 Å². The van der Waals surface area contributed by atoms with E-state index in [-0.39, 0.29) is 17.9 Å². The lowest BCUT2D eigenvalue weighted by atomic mass is 9.75. The van der Waals surface area contributed by atoms with Crippen LogP contribution in [-0.2, 0) is 11.2 Å². The van der Waals surface area contributed by atoms with Gasteiger partial charge in [0.2, 0.25) is 5.91 Å². The number of carbonyl (C=O) groups excluding carboxylic acids is 2. The van der Waals surface area contributed by atoms with Crippen LogP contribution in [-0.4, -0.2) is 78.5 Å². The molecule has 0 aliphatic carbocycles. The number of hydrogen-bond donors (Lipinski definition) is 0. The molecule has 6 rings (SSSR count). The summed E-state index contributed by atoms with van der Waals surface area (Å²) in [6.07, 6.45) is 6.69. The molecule has 2 aromatic carbocycles. The highest BCUT2D eigenvalue weighted by atomic mass is 16.5. The number of hydrogen-bond acceptors (Lipinski definition) is 5. The van der Waals surface area contributed by atoms with E-state index in [0.717, 1.165) is 54.8 Å². The number of ether oxygens (including phenoxy) is 2. The van der Waals surface area contributed by atoms with Crippen LogP contribution in [0.1, 0.15) is 85.0 Å². The Morgan fingerprint density at radius 2 is 1.56 bits per heavy atom. The highest BCUT2D eigenvalue weighted by Crippen LogP contribution is 2.49. The van der Waals surface area contributed by atoms with E-state index in [9.17, 15) is 9.59 Å². The second-order valence-electron chi connectivity index (χ2n) is 11.3. The lowest BCUT2D eigenvalue weighted by molar-refractivity contribution is -0.136. The molecule has 39 heavy (non-hydrogen) atoms. The third kappa shape index (κ3) is 4.79. The predicted molar refractivity (Wildman–Crippen MR) is 150 cm³/mol. The van der Waals surface area contributed by atoms with Gasteiger partial charge < -0.3 is 24.2 Å². The fourth-order valence-corrected chi connectivity index (χ4v) is 7.27. The van der Waals surface area contributed by atoms with Crippen LogP contribution in [0.2, 0.25) is 0 Å². The first-order valence-corrected chi connectivity index (χ1v) is 15.0. The zero-order valence-corrected chi connectivity index (χ0v) is 23.4. The van der Waals surface area contributed by atoms with Crippen molar-refractivity contribution in [3.63, 3.8) is 0 Å². The van der Waals surface area contributed by atoms with E-state index >= 15 is 0 Å². The molecule has 2 amide bonds. The van der Waals surface area contributed by atoms with Crippen molar-refractivity contribution in [3.8, 4) is 11.5 Å². The minimum Gasteiger partial charge on any atom is -0.490 e. The third-order valence-electron chi connectivity index (χ3n) is 9.13. The summed E-state index contributed by atoms with van der Waals surface area (Å²) in [6.45, 7) is 9.52. The maximum atomic E-state index is 14.5. The molecule has 2 saturated heterocycles. The lowest BCUT2D eigenvalue weighted by Crippen LogP contribution is -2.53. The van der Waals surface area contributed by atoms with Gasteiger partial charge in [-0.25, -0.2) is 0 Å². The molecule has 0 bridgehead atoms. The number of piperidine rings is 2. The van der Waals surface area contributed by atoms with Gasteiger partial charge in [0.1, 0.15) is 0 Å². The van der Waals surface area contributed by atoms with Crippen molar-refractivity contribution in [2.45, 2.75) is 70.4 Å². The second-order valence-corrected chi connectivity index (χ2v) is 11.3. The Labute approximate surface area is 232 Å². The molecule has 2 aromatic rings. The van der Waals surface area contributed by atoms with Crippen LogP contribution >= 0.6 is 0 Å². The van der Waals surface area contributed by atoms with Crippen molar-refractivity contribution < 1.29 is 19.1 Å². The van der Waals surface area contributed by atoms with Crippen molar-refractivity contribution >= 4 is 11.8 Å². The molecule has 4 aliphatic rings. The van der Waals surface area contributed by atoms with Gasteiger partial charge in [-0.15, -0.1) is 0 Å². The SMILES string of the molecule is CCOc1cc2c(cc1OCC)C1C(C(=O)N3CCC(N4CCCCC4)CC3)c3ccccc3C(=O)N1CC2. The smallest absolute Gasteiger partial charge is 0.254 e. The van der Waals surface area contributed by atoms with Crippen LogP contribution < -0.4 is 9.47 Å². The first-order valence-electron chi connectivity index (χ1n) is 15.0. The molecule has 0 N–H and O–H groups in total. The van der Waals surface area contributed by atoms with Crippen molar-refractivity contribution in [2.75, 3.05) is 45.9 Å². The van der Waals surface area contributed by atoms with Gasteiger partial charge >= 0.3 is 0 Å². The summed E-state index contributed by atoms with van der Waals surface area (Å²) in [4.78, 5) is 34.9. The van der Waals surface area contributed by atoms with E-state index in [0.29, 0.717) is 37.1 Å². The molecule has 7 heteroatoms. The number of fused-ring (bicyclic) bond motifs is 4. The van der Waals surface area contributed by atoms with Gasteiger partial charge in [0.05, 0.1) is 25.2 Å². The van der Waals surface area contributed by atoms with E-state index in [1.807, 2.05) is 49.1 Å². The molecule has 2 fully saturated rings. The predicted octanol–water partition coefficient (Wildman–Crippen LogP) is 4.80. The summed E-state index contributed by atoms with van der Waals surface area (Å²) >= 11 is 0. The Hall–Kier alpha value is -3.06. The zero-order valence-electron chi connectivity index (χ0n) is 23.4. The molecule has 7 nitrogen and oxygen atoms in total. The fraction of sp³-hybridized carbons (Fsp3) is 0.562. The highest BCUT2D eigenvalue weighted by Gasteiger charge is 2.48. The molecule has 0 saturated carbocycles. The van der Waals surface area contributed by atoms with Gasteiger partial charge in [-0.05, 0) is 93.9 Å². The van der Waals surface area contributed by atoms with Crippen molar-refractivity contribution in [3.05, 3.63) is 58.7 Å². The van der Waals surface area contributed by atoms with E-state index < -0.39 is 5.92 Å². The van der Waals surface area contributed by atoms with Gasteiger partial charge in [-0.1, -0.05) is 24.6 Å². The zero-order chi connectivity index (χ0) is 26.9. The van der Waals surface area contributed by atoms with Crippen LogP contribution in [0.3, 0.4) is 0 Å². The molecule has 208 valence electrons. The van der Waals surface area contributed by atoms with Gasteiger partial charge in [0.25, 0.3) is 5.91 Å². The number of carbonyl (C=O) groups is 2. The number of rotatable bonds is 6. The van der Waals surface area contributed by atoms with Crippen LogP contribution in [0.5, 0.6) is 11.5 Å². The topological polar surface area (TPSA) is 62.3 Å². The van der Waals surface area contributed by atoms with Crippen molar-refractivity contribution in [1.82, 2.24) is 14.7 Å². The van der Waals surface area contributed by atoms with E-state index in [4.69, 9.17) is 9.47 Å². The average molecular weight is 532 g/mol. The number of amides is 2. The number of benzene rings is 2. The van der Waals surface area contributed by atoms with E-state index in [2.05, 4.69) is 15.9 Å². The molecular weight excluding hydrogens is 490 g/mol. The summed E-state index contributed by atoms with van der Waals surface area (Å²) < 4.78 is 11.9. The number of likely N-dealkylation sites (tertiary alicyclic amines) is 2. The first kappa shape index (κ1) is 26.2. The molecule has 2 atom stereocenters. The monoisotopic (exact) mass is 531 g/mol. The third-order valence-corrected chi connectivity index (χ3v) is 9.13. The van der Waals surface area contributed by atoms with Gasteiger partial charge in [-0.3, -0.25) is 9.59 Å². The molecular formula is C32H41N3O4. The Morgan fingerprint density at radius 3 is 2.28 bits per heavy atom. The Morgan fingerprint density at radius 1 is 0.872 bits per heavy atom. The lowest BCUT2D eigenvalue weighted by Gasteiger charge is -2.47. The van der Waals surface area contributed by atoms with Crippen LogP contribution in [0.15, 0.2) is 36.4 Å². The summed E-state index contributed by atoms with van der Waals surface area (Å²) in [7, 11) is 0. The highest BCUT2D eigenvalue weighted by molar-refractivity contribution is 6.01. The quantitative estimate of drug-likeness (QED) is 0.536.